The highest BCUT2D eigenvalue weighted by molar-refractivity contribution is 7.09. The van der Waals surface area contributed by atoms with Gasteiger partial charge in [0.2, 0.25) is 0 Å². The molecule has 0 aliphatic heterocycles. The van der Waals surface area contributed by atoms with E-state index in [0.717, 1.165) is 51.5 Å². The van der Waals surface area contributed by atoms with Crippen LogP contribution < -0.4 is 5.32 Å². The molecule has 0 aliphatic carbocycles. The molecule has 1 rings (SSSR count). The second-order valence-corrected chi connectivity index (χ2v) is 5.75. The molecule has 1 aromatic heterocycles. The van der Waals surface area contributed by atoms with Crippen molar-refractivity contribution in [2.75, 3.05) is 39.9 Å². The summed E-state index contributed by atoms with van der Waals surface area (Å²) in [5, 5.41) is 3.41. The number of nitrogens with one attached hydrogen (secondary N) is 1. The van der Waals surface area contributed by atoms with E-state index < -0.39 is 0 Å². The largest absolute Gasteiger partial charge is 0.380 e. The zero-order valence-electron chi connectivity index (χ0n) is 12.4. The van der Waals surface area contributed by atoms with Crippen molar-refractivity contribution in [1.29, 1.82) is 0 Å². The molecular formula is C14H27N3OS. The Morgan fingerprint density at radius 3 is 2.89 bits per heavy atom. The van der Waals surface area contributed by atoms with E-state index in [1.807, 2.05) is 5.51 Å². The number of rotatable bonds is 11. The molecule has 0 bridgehead atoms. The van der Waals surface area contributed by atoms with Gasteiger partial charge in [-0.2, -0.15) is 0 Å². The molecule has 5 heteroatoms. The number of hydrogen-bond acceptors (Lipinski definition) is 5. The van der Waals surface area contributed by atoms with Crippen LogP contribution in [0.1, 0.15) is 30.3 Å². The Balaban J connectivity index is 1.96. The minimum absolute atomic E-state index is 0.817. The first-order chi connectivity index (χ1) is 9.24. The Hall–Kier alpha value is -0.490. The van der Waals surface area contributed by atoms with Crippen molar-refractivity contribution >= 4 is 11.3 Å². The van der Waals surface area contributed by atoms with Gasteiger partial charge in [0.05, 0.1) is 17.8 Å². The Kier molecular flexibility index (Phi) is 8.99. The molecule has 19 heavy (non-hydrogen) atoms. The number of nitrogens with zero attached hydrogens (tertiary/aromatic N) is 2. The summed E-state index contributed by atoms with van der Waals surface area (Å²) in [6, 6.07) is 0. The summed E-state index contributed by atoms with van der Waals surface area (Å²) >= 11 is 1.74. The summed E-state index contributed by atoms with van der Waals surface area (Å²) in [5.41, 5.74) is 3.08. The van der Waals surface area contributed by atoms with Gasteiger partial charge in [-0.3, -0.25) is 4.90 Å². The Bertz CT molecular complexity index is 330. The number of likely N-dealkylation sites (N-methyl/N-ethyl adjacent to an activating group) is 1. The van der Waals surface area contributed by atoms with Gasteiger partial charge in [-0.1, -0.05) is 13.3 Å². The van der Waals surface area contributed by atoms with Crippen LogP contribution in [0.3, 0.4) is 0 Å². The molecule has 0 aliphatic rings. The van der Waals surface area contributed by atoms with Gasteiger partial charge in [0, 0.05) is 37.7 Å². The van der Waals surface area contributed by atoms with E-state index in [0.29, 0.717) is 0 Å². The lowest BCUT2D eigenvalue weighted by Gasteiger charge is -2.16. The lowest BCUT2D eigenvalue weighted by atomic mass is 10.3. The van der Waals surface area contributed by atoms with E-state index in [1.54, 1.807) is 11.3 Å². The van der Waals surface area contributed by atoms with Crippen LogP contribution in [0.25, 0.3) is 0 Å². The predicted molar refractivity (Wildman–Crippen MR) is 81.8 cm³/mol. The Labute approximate surface area is 121 Å². The first-order valence-electron chi connectivity index (χ1n) is 7.10. The van der Waals surface area contributed by atoms with Gasteiger partial charge in [-0.05, 0) is 20.4 Å². The van der Waals surface area contributed by atoms with Gasteiger partial charge in [0.15, 0.2) is 0 Å². The molecular weight excluding hydrogens is 258 g/mol. The van der Waals surface area contributed by atoms with Crippen LogP contribution >= 0.6 is 11.3 Å². The molecule has 0 spiro atoms. The molecule has 0 saturated carbocycles. The van der Waals surface area contributed by atoms with Crippen molar-refractivity contribution in [3.8, 4) is 0 Å². The molecule has 1 aromatic rings. The summed E-state index contributed by atoms with van der Waals surface area (Å²) in [4.78, 5) is 7.97. The Morgan fingerprint density at radius 1 is 1.37 bits per heavy atom. The van der Waals surface area contributed by atoms with Crippen LogP contribution in [0.5, 0.6) is 0 Å². The smallest absolute Gasteiger partial charge is 0.0798 e. The first-order valence-corrected chi connectivity index (χ1v) is 7.98. The van der Waals surface area contributed by atoms with Gasteiger partial charge in [0.25, 0.3) is 0 Å². The molecule has 0 atom stereocenters. The number of aryl methyl sites for hydroxylation is 1. The average Bonchev–Trinajstić information content (AvgIpc) is 2.78. The van der Waals surface area contributed by atoms with E-state index in [-0.39, 0.29) is 0 Å². The third kappa shape index (κ3) is 7.62. The summed E-state index contributed by atoms with van der Waals surface area (Å²) < 4.78 is 5.50. The number of thiazole rings is 1. The zero-order chi connectivity index (χ0) is 13.9. The van der Waals surface area contributed by atoms with E-state index in [4.69, 9.17) is 4.74 Å². The number of aromatic nitrogens is 1. The van der Waals surface area contributed by atoms with E-state index in [1.165, 1.54) is 11.3 Å². The predicted octanol–water partition coefficient (Wildman–Crippen LogP) is 2.29. The summed E-state index contributed by atoms with van der Waals surface area (Å²) in [6.07, 6.45) is 2.37. The second-order valence-electron chi connectivity index (χ2n) is 4.81. The van der Waals surface area contributed by atoms with E-state index >= 15 is 0 Å². The van der Waals surface area contributed by atoms with Gasteiger partial charge < -0.3 is 10.1 Å². The van der Waals surface area contributed by atoms with Crippen LogP contribution in [0, 0.1) is 6.92 Å². The summed E-state index contributed by atoms with van der Waals surface area (Å²) in [5.74, 6) is 0. The van der Waals surface area contributed by atoms with Gasteiger partial charge in [0.1, 0.15) is 0 Å². The molecule has 0 unspecified atom stereocenters. The summed E-state index contributed by atoms with van der Waals surface area (Å²) in [7, 11) is 2.15. The average molecular weight is 285 g/mol. The molecule has 0 amide bonds. The topological polar surface area (TPSA) is 37.4 Å². The van der Waals surface area contributed by atoms with Crippen molar-refractivity contribution in [3.63, 3.8) is 0 Å². The molecule has 0 aromatic carbocycles. The quantitative estimate of drug-likeness (QED) is 0.633. The van der Waals surface area contributed by atoms with Crippen LogP contribution in [-0.2, 0) is 11.3 Å². The first kappa shape index (κ1) is 16.6. The van der Waals surface area contributed by atoms with Gasteiger partial charge in [-0.25, -0.2) is 4.98 Å². The number of hydrogen-bond donors (Lipinski definition) is 1. The Morgan fingerprint density at radius 2 is 2.21 bits per heavy atom. The fraction of sp³-hybridized carbons (Fsp3) is 0.786. The van der Waals surface area contributed by atoms with Crippen molar-refractivity contribution in [2.24, 2.45) is 0 Å². The van der Waals surface area contributed by atoms with Crippen LogP contribution in [0.15, 0.2) is 5.51 Å². The van der Waals surface area contributed by atoms with Crippen LogP contribution in [0.2, 0.25) is 0 Å². The molecule has 1 heterocycles. The highest BCUT2D eigenvalue weighted by atomic mass is 32.1. The maximum Gasteiger partial charge on any atom is 0.0798 e. The fourth-order valence-electron chi connectivity index (χ4n) is 1.69. The lowest BCUT2D eigenvalue weighted by Crippen LogP contribution is -2.30. The fourth-order valence-corrected chi connectivity index (χ4v) is 2.55. The van der Waals surface area contributed by atoms with Crippen molar-refractivity contribution in [2.45, 2.75) is 33.2 Å². The van der Waals surface area contributed by atoms with Crippen molar-refractivity contribution in [3.05, 3.63) is 16.1 Å². The molecule has 0 radical (unpaired) electrons. The molecule has 110 valence electrons. The monoisotopic (exact) mass is 285 g/mol. The molecule has 1 N–H and O–H groups in total. The third-order valence-electron chi connectivity index (χ3n) is 2.99. The normalized spacial score (nSPS) is 11.4. The highest BCUT2D eigenvalue weighted by Gasteiger charge is 2.04. The minimum atomic E-state index is 0.817. The molecule has 4 nitrogen and oxygen atoms in total. The lowest BCUT2D eigenvalue weighted by molar-refractivity contribution is 0.132. The molecule has 0 fully saturated rings. The van der Waals surface area contributed by atoms with Crippen molar-refractivity contribution < 1.29 is 4.74 Å². The number of ether oxygens (including phenoxy) is 1. The van der Waals surface area contributed by atoms with Gasteiger partial charge in [-0.15, -0.1) is 11.3 Å². The maximum atomic E-state index is 5.50. The van der Waals surface area contributed by atoms with E-state index in [9.17, 15) is 0 Å². The summed E-state index contributed by atoms with van der Waals surface area (Å²) in [6.45, 7) is 9.95. The minimum Gasteiger partial charge on any atom is -0.380 e. The van der Waals surface area contributed by atoms with Crippen LogP contribution in [-0.4, -0.2) is 49.8 Å². The van der Waals surface area contributed by atoms with E-state index in [2.05, 4.69) is 36.1 Å². The number of unbranched alkanes of at least 4 members (excludes halogenated alkanes) is 1. The SMILES string of the molecule is CCCCOCCNCCN(C)Cc1scnc1C. The maximum absolute atomic E-state index is 5.50. The van der Waals surface area contributed by atoms with Crippen molar-refractivity contribution in [1.82, 2.24) is 15.2 Å². The zero-order valence-corrected chi connectivity index (χ0v) is 13.3. The molecule has 0 saturated heterocycles. The van der Waals surface area contributed by atoms with Crippen LogP contribution in [0.4, 0.5) is 0 Å². The highest BCUT2D eigenvalue weighted by Crippen LogP contribution is 2.13. The third-order valence-corrected chi connectivity index (χ3v) is 3.91. The second kappa shape index (κ2) is 10.3. The van der Waals surface area contributed by atoms with Gasteiger partial charge >= 0.3 is 0 Å². The standard InChI is InChI=1S/C14H27N3OS/c1-4-5-9-18-10-7-15-6-8-17(3)11-14-13(2)16-12-19-14/h12,15H,4-11H2,1-3H3.